The zero-order chi connectivity index (χ0) is 23.2. The molecule has 4 nitrogen and oxygen atoms in total. The number of amides is 2. The van der Waals surface area contributed by atoms with Gasteiger partial charge in [0, 0.05) is 23.3 Å². The maximum absolute atomic E-state index is 15.1. The number of hydrogen-bond donors (Lipinski definition) is 0. The Labute approximate surface area is 191 Å². The predicted octanol–water partition coefficient (Wildman–Crippen LogP) is 6.31. The van der Waals surface area contributed by atoms with Crippen LogP contribution < -0.4 is 4.90 Å². The molecule has 0 radical (unpaired) electrons. The number of benzene rings is 2. The van der Waals surface area contributed by atoms with Crippen LogP contribution in [0.4, 0.5) is 19.3 Å². The standard InChI is InChI=1S/C25H26F2N2O2S/c1-5-29-21-12-20(27)17(10-19(21)15(2)13-25(29,3)4)11-22-23(30)28(24(31)32-22)14-16-6-8-18(26)9-7-16/h6-12,15H,5,13-14H2,1-4H3/b22-11+. The summed E-state index contributed by atoms with van der Waals surface area (Å²) in [6.45, 7) is 9.34. The van der Waals surface area contributed by atoms with Crippen LogP contribution in [0.25, 0.3) is 6.08 Å². The molecule has 1 saturated heterocycles. The van der Waals surface area contributed by atoms with E-state index in [1.54, 1.807) is 12.1 Å². The van der Waals surface area contributed by atoms with E-state index < -0.39 is 17.0 Å². The van der Waals surface area contributed by atoms with Crippen molar-refractivity contribution < 1.29 is 18.4 Å². The third-order valence-corrected chi connectivity index (χ3v) is 7.14. The van der Waals surface area contributed by atoms with Crippen LogP contribution in [0.1, 0.15) is 56.7 Å². The molecule has 7 heteroatoms. The molecular weight excluding hydrogens is 430 g/mol. The fraction of sp³-hybridized carbons (Fsp3) is 0.360. The van der Waals surface area contributed by atoms with Gasteiger partial charge in [-0.25, -0.2) is 8.78 Å². The molecule has 1 atom stereocenters. The smallest absolute Gasteiger partial charge is 0.293 e. The highest BCUT2D eigenvalue weighted by atomic mass is 32.2. The molecule has 0 aliphatic carbocycles. The Morgan fingerprint density at radius 3 is 2.50 bits per heavy atom. The summed E-state index contributed by atoms with van der Waals surface area (Å²) in [5.74, 6) is -1.03. The molecule has 0 saturated carbocycles. The Balaban J connectivity index is 1.64. The van der Waals surface area contributed by atoms with Gasteiger partial charge < -0.3 is 4.90 Å². The molecule has 4 rings (SSSR count). The molecule has 2 aliphatic rings. The number of thioether (sulfide) groups is 1. The van der Waals surface area contributed by atoms with Gasteiger partial charge in [0.15, 0.2) is 0 Å². The van der Waals surface area contributed by atoms with Crippen LogP contribution in [0, 0.1) is 11.6 Å². The summed E-state index contributed by atoms with van der Waals surface area (Å²) in [4.78, 5) is 28.8. The van der Waals surface area contributed by atoms with Crippen molar-refractivity contribution in [1.29, 1.82) is 0 Å². The van der Waals surface area contributed by atoms with E-state index in [4.69, 9.17) is 0 Å². The number of imide groups is 1. The van der Waals surface area contributed by atoms with Gasteiger partial charge in [-0.3, -0.25) is 14.5 Å². The molecule has 0 spiro atoms. The van der Waals surface area contributed by atoms with E-state index in [1.165, 1.54) is 30.3 Å². The minimum atomic E-state index is -0.467. The second kappa shape index (κ2) is 8.35. The second-order valence-corrected chi connectivity index (χ2v) is 9.98. The molecule has 2 aromatic rings. The monoisotopic (exact) mass is 456 g/mol. The first kappa shape index (κ1) is 22.5. The first-order chi connectivity index (χ1) is 15.1. The third-order valence-electron chi connectivity index (χ3n) is 6.23. The van der Waals surface area contributed by atoms with Crippen molar-refractivity contribution in [3.63, 3.8) is 0 Å². The van der Waals surface area contributed by atoms with Crippen LogP contribution in [0.5, 0.6) is 0 Å². The van der Waals surface area contributed by atoms with Crippen molar-refractivity contribution >= 4 is 34.7 Å². The summed E-state index contributed by atoms with van der Waals surface area (Å²) >= 11 is 0.798. The van der Waals surface area contributed by atoms with Gasteiger partial charge in [-0.15, -0.1) is 0 Å². The normalized spacial score (nSPS) is 21.4. The molecule has 1 unspecified atom stereocenters. The fourth-order valence-corrected chi connectivity index (χ4v) is 5.61. The molecule has 2 amide bonds. The number of rotatable bonds is 4. The quantitative estimate of drug-likeness (QED) is 0.505. The Kier molecular flexibility index (Phi) is 5.88. The average molecular weight is 457 g/mol. The lowest BCUT2D eigenvalue weighted by atomic mass is 9.79. The van der Waals surface area contributed by atoms with E-state index in [0.717, 1.165) is 40.9 Å². The van der Waals surface area contributed by atoms with E-state index in [0.29, 0.717) is 11.1 Å². The second-order valence-electron chi connectivity index (χ2n) is 8.99. The van der Waals surface area contributed by atoms with Crippen molar-refractivity contribution in [3.05, 3.63) is 69.6 Å². The summed E-state index contributed by atoms with van der Waals surface area (Å²) in [6.07, 6.45) is 2.40. The summed E-state index contributed by atoms with van der Waals surface area (Å²) in [7, 11) is 0. The number of carbonyl (C=O) groups is 2. The van der Waals surface area contributed by atoms with Crippen LogP contribution in [0.3, 0.4) is 0 Å². The summed E-state index contributed by atoms with van der Waals surface area (Å²) < 4.78 is 28.2. The van der Waals surface area contributed by atoms with Gasteiger partial charge >= 0.3 is 0 Å². The zero-order valence-corrected chi connectivity index (χ0v) is 19.4. The minimum absolute atomic E-state index is 0.0481. The Morgan fingerprint density at radius 1 is 1.16 bits per heavy atom. The number of nitrogens with zero attached hydrogens (tertiary/aromatic N) is 2. The topological polar surface area (TPSA) is 40.6 Å². The highest BCUT2D eigenvalue weighted by Crippen LogP contribution is 2.44. The van der Waals surface area contributed by atoms with Gasteiger partial charge in [0.2, 0.25) is 0 Å². The average Bonchev–Trinajstić information content (AvgIpc) is 2.98. The molecule has 1 fully saturated rings. The third kappa shape index (κ3) is 4.06. The number of fused-ring (bicyclic) bond motifs is 1. The lowest BCUT2D eigenvalue weighted by molar-refractivity contribution is -0.123. The summed E-state index contributed by atoms with van der Waals surface area (Å²) in [5.41, 5.74) is 2.81. The maximum atomic E-state index is 15.1. The van der Waals surface area contributed by atoms with Gasteiger partial charge in [0.1, 0.15) is 11.6 Å². The summed E-state index contributed by atoms with van der Waals surface area (Å²) in [5, 5.41) is -0.420. The van der Waals surface area contributed by atoms with Crippen molar-refractivity contribution in [2.24, 2.45) is 0 Å². The van der Waals surface area contributed by atoms with E-state index in [9.17, 15) is 14.0 Å². The van der Waals surface area contributed by atoms with Crippen molar-refractivity contribution in [3.8, 4) is 0 Å². The lowest BCUT2D eigenvalue weighted by Crippen LogP contribution is -2.48. The van der Waals surface area contributed by atoms with Crippen LogP contribution >= 0.6 is 11.8 Å². The number of hydrogen-bond acceptors (Lipinski definition) is 4. The van der Waals surface area contributed by atoms with Crippen LogP contribution in [0.15, 0.2) is 41.3 Å². The maximum Gasteiger partial charge on any atom is 0.293 e. The van der Waals surface area contributed by atoms with Gasteiger partial charge in [0.05, 0.1) is 11.4 Å². The molecule has 2 heterocycles. The Bertz CT molecular complexity index is 1110. The van der Waals surface area contributed by atoms with E-state index in [-0.39, 0.29) is 28.7 Å². The number of anilines is 1. The number of halogens is 2. The lowest BCUT2D eigenvalue weighted by Gasteiger charge is -2.47. The highest BCUT2D eigenvalue weighted by Gasteiger charge is 2.37. The van der Waals surface area contributed by atoms with Crippen LogP contribution in [-0.2, 0) is 11.3 Å². The SMILES string of the molecule is CCN1c2cc(F)c(/C=C3/SC(=O)N(Cc4ccc(F)cc4)C3=O)cc2C(C)CC1(C)C. The zero-order valence-electron chi connectivity index (χ0n) is 18.6. The molecular formula is C25H26F2N2O2S. The molecule has 168 valence electrons. The molecule has 0 N–H and O–H groups in total. The van der Waals surface area contributed by atoms with Gasteiger partial charge in [-0.05, 0) is 86.3 Å². The Hall–Kier alpha value is -2.67. The molecule has 0 aromatic heterocycles. The Morgan fingerprint density at radius 2 is 1.84 bits per heavy atom. The van der Waals surface area contributed by atoms with Crippen molar-refractivity contribution in [1.82, 2.24) is 4.90 Å². The largest absolute Gasteiger partial charge is 0.366 e. The predicted molar refractivity (Wildman–Crippen MR) is 124 cm³/mol. The number of carbonyl (C=O) groups excluding carboxylic acids is 2. The van der Waals surface area contributed by atoms with Crippen molar-refractivity contribution in [2.45, 2.75) is 52.1 Å². The van der Waals surface area contributed by atoms with Crippen LogP contribution in [-0.4, -0.2) is 28.1 Å². The van der Waals surface area contributed by atoms with Crippen molar-refractivity contribution in [2.75, 3.05) is 11.4 Å². The summed E-state index contributed by atoms with van der Waals surface area (Å²) in [6, 6.07) is 9.00. The molecule has 0 bridgehead atoms. The molecule has 2 aliphatic heterocycles. The van der Waals surface area contributed by atoms with Gasteiger partial charge in [0.25, 0.3) is 11.1 Å². The van der Waals surface area contributed by atoms with E-state index in [2.05, 4.69) is 32.6 Å². The molecule has 32 heavy (non-hydrogen) atoms. The van der Waals surface area contributed by atoms with Crippen LogP contribution in [0.2, 0.25) is 0 Å². The first-order valence-corrected chi connectivity index (χ1v) is 11.5. The highest BCUT2D eigenvalue weighted by molar-refractivity contribution is 8.18. The van der Waals surface area contributed by atoms with E-state index >= 15 is 4.39 Å². The van der Waals surface area contributed by atoms with E-state index in [1.807, 2.05) is 0 Å². The first-order valence-electron chi connectivity index (χ1n) is 10.7. The molecule has 2 aromatic carbocycles. The van der Waals surface area contributed by atoms with Gasteiger partial charge in [-0.2, -0.15) is 0 Å². The van der Waals surface area contributed by atoms with Gasteiger partial charge in [-0.1, -0.05) is 19.1 Å². The fourth-order valence-electron chi connectivity index (χ4n) is 4.78. The minimum Gasteiger partial charge on any atom is -0.366 e.